The van der Waals surface area contributed by atoms with Gasteiger partial charge in [-0.2, -0.15) is 0 Å². The summed E-state index contributed by atoms with van der Waals surface area (Å²) in [7, 11) is 0. The van der Waals surface area contributed by atoms with Crippen molar-refractivity contribution in [2.24, 2.45) is 0 Å². The van der Waals surface area contributed by atoms with Crippen LogP contribution in [0.25, 0.3) is 0 Å². The first-order valence-corrected chi connectivity index (χ1v) is 10.5. The molecule has 0 fully saturated rings. The highest BCUT2D eigenvalue weighted by atomic mass is 79.9. The van der Waals surface area contributed by atoms with Crippen LogP contribution < -0.4 is 4.90 Å². The molecule has 0 unspecified atom stereocenters. The fourth-order valence-electron chi connectivity index (χ4n) is 3.16. The minimum atomic E-state index is 0.131. The monoisotopic (exact) mass is 436 g/mol. The van der Waals surface area contributed by atoms with E-state index in [1.165, 1.54) is 11.1 Å². The summed E-state index contributed by atoms with van der Waals surface area (Å²) in [5, 5.41) is 0. The van der Waals surface area contributed by atoms with E-state index in [4.69, 9.17) is 4.98 Å². The van der Waals surface area contributed by atoms with Gasteiger partial charge in [0, 0.05) is 11.4 Å². The summed E-state index contributed by atoms with van der Waals surface area (Å²) in [6, 6.07) is 23.6. The molecule has 0 saturated heterocycles. The third-order valence-corrected chi connectivity index (χ3v) is 5.35. The molecule has 0 radical (unpaired) electrons. The van der Waals surface area contributed by atoms with Crippen molar-refractivity contribution in [3.05, 3.63) is 82.5 Å². The SMILES string of the molecule is CC(C)(C)c1ccc(N(c2ccc(C(C)(C)C)cc2)c2cccc(Br)n2)cc1. The Labute approximate surface area is 177 Å². The molecule has 0 atom stereocenters. The fourth-order valence-corrected chi connectivity index (χ4v) is 3.49. The molecule has 146 valence electrons. The summed E-state index contributed by atoms with van der Waals surface area (Å²) < 4.78 is 0.827. The largest absolute Gasteiger partial charge is 0.295 e. The minimum Gasteiger partial charge on any atom is -0.295 e. The van der Waals surface area contributed by atoms with Crippen molar-refractivity contribution in [2.45, 2.75) is 52.4 Å². The lowest BCUT2D eigenvalue weighted by molar-refractivity contribution is 0.590. The Morgan fingerprint density at radius 2 is 1.07 bits per heavy atom. The average molecular weight is 437 g/mol. The Bertz CT molecular complexity index is 873. The van der Waals surface area contributed by atoms with E-state index in [2.05, 4.69) is 111 Å². The topological polar surface area (TPSA) is 16.1 Å². The second-order valence-electron chi connectivity index (χ2n) is 9.25. The standard InChI is InChI=1S/C25H29BrN2/c1-24(2,3)18-10-14-20(15-11-18)28(23-9-7-8-22(26)27-23)21-16-12-19(13-17-21)25(4,5)6/h7-17H,1-6H3. The summed E-state index contributed by atoms with van der Waals surface area (Å²) in [5.41, 5.74) is 5.10. The number of rotatable bonds is 3. The van der Waals surface area contributed by atoms with Crippen molar-refractivity contribution in [3.63, 3.8) is 0 Å². The third kappa shape index (κ3) is 4.64. The molecule has 2 aromatic carbocycles. The number of pyridine rings is 1. The molecule has 0 N–H and O–H groups in total. The predicted octanol–water partition coefficient (Wildman–Crippen LogP) is 7.91. The summed E-state index contributed by atoms with van der Waals surface area (Å²) in [6.07, 6.45) is 0. The maximum Gasteiger partial charge on any atom is 0.138 e. The van der Waals surface area contributed by atoms with Gasteiger partial charge in [-0.25, -0.2) is 4.98 Å². The number of benzene rings is 2. The van der Waals surface area contributed by atoms with Crippen molar-refractivity contribution in [1.29, 1.82) is 0 Å². The molecule has 0 aliphatic rings. The van der Waals surface area contributed by atoms with Crippen LogP contribution in [0.15, 0.2) is 71.3 Å². The molecule has 0 aliphatic heterocycles. The second kappa shape index (κ2) is 7.71. The predicted molar refractivity (Wildman–Crippen MR) is 124 cm³/mol. The highest BCUT2D eigenvalue weighted by Crippen LogP contribution is 2.36. The van der Waals surface area contributed by atoms with Gasteiger partial charge in [0.1, 0.15) is 10.4 Å². The maximum atomic E-state index is 4.71. The summed E-state index contributed by atoms with van der Waals surface area (Å²) >= 11 is 3.51. The van der Waals surface area contributed by atoms with Gasteiger partial charge in [-0.1, -0.05) is 71.9 Å². The lowest BCUT2D eigenvalue weighted by Crippen LogP contribution is -2.15. The first-order chi connectivity index (χ1) is 13.1. The Hall–Kier alpha value is -2.13. The zero-order valence-electron chi connectivity index (χ0n) is 17.6. The number of halogens is 1. The summed E-state index contributed by atoms with van der Waals surface area (Å²) in [5.74, 6) is 0.890. The van der Waals surface area contributed by atoms with Crippen molar-refractivity contribution >= 4 is 33.1 Å². The van der Waals surface area contributed by atoms with Gasteiger partial charge in [0.05, 0.1) is 0 Å². The molecule has 1 aromatic heterocycles. The fraction of sp³-hybridized carbons (Fsp3) is 0.320. The van der Waals surface area contributed by atoms with Crippen LogP contribution in [-0.2, 0) is 10.8 Å². The van der Waals surface area contributed by atoms with Crippen LogP contribution in [0.5, 0.6) is 0 Å². The van der Waals surface area contributed by atoms with Crippen LogP contribution in [-0.4, -0.2) is 4.98 Å². The van der Waals surface area contributed by atoms with Gasteiger partial charge in [0.15, 0.2) is 0 Å². The summed E-state index contributed by atoms with van der Waals surface area (Å²) in [6.45, 7) is 13.4. The van der Waals surface area contributed by atoms with Gasteiger partial charge in [0.25, 0.3) is 0 Å². The van der Waals surface area contributed by atoms with Crippen LogP contribution in [0.1, 0.15) is 52.7 Å². The number of hydrogen-bond acceptors (Lipinski definition) is 2. The van der Waals surface area contributed by atoms with Crippen LogP contribution >= 0.6 is 15.9 Å². The van der Waals surface area contributed by atoms with Crippen molar-refractivity contribution in [2.75, 3.05) is 4.90 Å². The molecular formula is C25H29BrN2. The van der Waals surface area contributed by atoms with Gasteiger partial charge < -0.3 is 0 Å². The van der Waals surface area contributed by atoms with E-state index >= 15 is 0 Å². The average Bonchev–Trinajstić information content (AvgIpc) is 2.61. The van der Waals surface area contributed by atoms with Crippen LogP contribution in [0, 0.1) is 0 Å². The van der Waals surface area contributed by atoms with E-state index in [0.29, 0.717) is 0 Å². The lowest BCUT2D eigenvalue weighted by atomic mass is 9.87. The van der Waals surface area contributed by atoms with Gasteiger partial charge in [-0.05, 0) is 74.3 Å². The molecule has 2 nitrogen and oxygen atoms in total. The van der Waals surface area contributed by atoms with E-state index in [9.17, 15) is 0 Å². The normalized spacial score (nSPS) is 12.1. The van der Waals surface area contributed by atoms with E-state index in [1.807, 2.05) is 18.2 Å². The molecule has 3 aromatic rings. The number of aromatic nitrogens is 1. The van der Waals surface area contributed by atoms with Crippen LogP contribution in [0.3, 0.4) is 0 Å². The molecule has 3 rings (SSSR count). The molecule has 0 amide bonds. The van der Waals surface area contributed by atoms with E-state index in [1.54, 1.807) is 0 Å². The van der Waals surface area contributed by atoms with Crippen molar-refractivity contribution in [3.8, 4) is 0 Å². The second-order valence-corrected chi connectivity index (χ2v) is 10.1. The number of nitrogens with zero attached hydrogens (tertiary/aromatic N) is 2. The molecule has 0 bridgehead atoms. The van der Waals surface area contributed by atoms with Crippen LogP contribution in [0.2, 0.25) is 0 Å². The lowest BCUT2D eigenvalue weighted by Gasteiger charge is -2.27. The zero-order chi connectivity index (χ0) is 20.5. The van der Waals surface area contributed by atoms with Gasteiger partial charge in [-0.3, -0.25) is 4.90 Å². The first-order valence-electron chi connectivity index (χ1n) is 9.69. The van der Waals surface area contributed by atoms with E-state index in [-0.39, 0.29) is 10.8 Å². The molecule has 28 heavy (non-hydrogen) atoms. The van der Waals surface area contributed by atoms with Gasteiger partial charge in [-0.15, -0.1) is 0 Å². The Kier molecular flexibility index (Phi) is 5.67. The zero-order valence-corrected chi connectivity index (χ0v) is 19.2. The Balaban J connectivity index is 2.08. The first kappa shape index (κ1) is 20.6. The molecule has 0 saturated carbocycles. The Morgan fingerprint density at radius 1 is 0.643 bits per heavy atom. The molecule has 3 heteroatoms. The number of anilines is 3. The van der Waals surface area contributed by atoms with Gasteiger partial charge in [0.2, 0.25) is 0 Å². The Morgan fingerprint density at radius 3 is 1.43 bits per heavy atom. The van der Waals surface area contributed by atoms with Gasteiger partial charge >= 0.3 is 0 Å². The van der Waals surface area contributed by atoms with Crippen molar-refractivity contribution < 1.29 is 0 Å². The highest BCUT2D eigenvalue weighted by molar-refractivity contribution is 9.10. The smallest absolute Gasteiger partial charge is 0.138 e. The highest BCUT2D eigenvalue weighted by Gasteiger charge is 2.18. The molecule has 0 aliphatic carbocycles. The third-order valence-electron chi connectivity index (χ3n) is 4.91. The maximum absolute atomic E-state index is 4.71. The van der Waals surface area contributed by atoms with E-state index in [0.717, 1.165) is 21.8 Å². The summed E-state index contributed by atoms with van der Waals surface area (Å²) in [4.78, 5) is 6.91. The molecule has 1 heterocycles. The molecule has 0 spiro atoms. The molecular weight excluding hydrogens is 408 g/mol. The van der Waals surface area contributed by atoms with Crippen molar-refractivity contribution in [1.82, 2.24) is 4.98 Å². The van der Waals surface area contributed by atoms with E-state index < -0.39 is 0 Å². The van der Waals surface area contributed by atoms with Crippen LogP contribution in [0.4, 0.5) is 17.2 Å². The number of hydrogen-bond donors (Lipinski definition) is 0. The quantitative estimate of drug-likeness (QED) is 0.387. The minimum absolute atomic E-state index is 0.131.